The molecule has 0 aliphatic carbocycles. The van der Waals surface area contributed by atoms with Gasteiger partial charge in [0.1, 0.15) is 0 Å². The normalized spacial score (nSPS) is 11.1. The molecule has 0 aliphatic rings. The lowest BCUT2D eigenvalue weighted by atomic mass is 10.2. The van der Waals surface area contributed by atoms with Crippen LogP contribution in [0, 0.1) is 11.6 Å². The molecule has 3 aromatic rings. The minimum atomic E-state index is -0.944. The Kier molecular flexibility index (Phi) is 5.57. The monoisotopic (exact) mass is 396 g/mol. The Morgan fingerprint density at radius 3 is 2.88 bits per heavy atom. The van der Waals surface area contributed by atoms with Crippen molar-refractivity contribution in [2.24, 2.45) is 0 Å². The van der Waals surface area contributed by atoms with Crippen LogP contribution in [0.1, 0.15) is 19.9 Å². The summed E-state index contributed by atoms with van der Waals surface area (Å²) in [6.07, 6.45) is 0. The van der Waals surface area contributed by atoms with E-state index in [4.69, 9.17) is 0 Å². The van der Waals surface area contributed by atoms with Crippen molar-refractivity contribution in [3.63, 3.8) is 0 Å². The van der Waals surface area contributed by atoms with Gasteiger partial charge in [-0.25, -0.2) is 18.4 Å². The molecule has 11 heteroatoms. The summed E-state index contributed by atoms with van der Waals surface area (Å²) >= 11 is 2.42. The molecule has 1 N–H and O–H groups in total. The number of nitrogens with zero attached hydrogens (tertiary/aromatic N) is 5. The fourth-order valence-corrected chi connectivity index (χ4v) is 3.55. The number of nitrogens with one attached hydrogen (secondary N) is 1. The molecule has 0 saturated carbocycles. The van der Waals surface area contributed by atoms with E-state index in [1.54, 1.807) is 10.1 Å². The molecular weight excluding hydrogens is 382 g/mol. The Balaban J connectivity index is 1.61. The number of tetrazole rings is 1. The first kappa shape index (κ1) is 18.4. The molecule has 0 aliphatic heterocycles. The van der Waals surface area contributed by atoms with Crippen molar-refractivity contribution in [2.75, 3.05) is 11.1 Å². The van der Waals surface area contributed by atoms with Crippen LogP contribution in [-0.2, 0) is 4.79 Å². The van der Waals surface area contributed by atoms with Gasteiger partial charge in [-0.3, -0.25) is 4.79 Å². The van der Waals surface area contributed by atoms with Gasteiger partial charge in [-0.05, 0) is 42.5 Å². The van der Waals surface area contributed by atoms with Gasteiger partial charge in [0, 0.05) is 10.9 Å². The summed E-state index contributed by atoms with van der Waals surface area (Å²) in [5.41, 5.74) is 0.895. The van der Waals surface area contributed by atoms with Crippen LogP contribution in [0.4, 0.5) is 13.9 Å². The molecule has 1 aromatic carbocycles. The number of aromatic nitrogens is 5. The van der Waals surface area contributed by atoms with E-state index in [0.29, 0.717) is 21.5 Å². The molecular formula is C15H14F2N6OS2. The Bertz CT molecular complexity index is 927. The number of halogens is 2. The van der Waals surface area contributed by atoms with E-state index >= 15 is 0 Å². The topological polar surface area (TPSA) is 85.6 Å². The van der Waals surface area contributed by atoms with Crippen molar-refractivity contribution in [1.82, 2.24) is 25.2 Å². The average Bonchev–Trinajstić information content (AvgIpc) is 3.24. The smallest absolute Gasteiger partial charge is 0.236 e. The number of carbonyl (C=O) groups is 1. The molecule has 7 nitrogen and oxygen atoms in total. The maximum atomic E-state index is 13.3. The zero-order valence-electron chi connectivity index (χ0n) is 13.8. The van der Waals surface area contributed by atoms with Crippen LogP contribution >= 0.6 is 23.1 Å². The van der Waals surface area contributed by atoms with Crippen molar-refractivity contribution in [2.45, 2.75) is 25.0 Å². The molecule has 136 valence electrons. The highest BCUT2D eigenvalue weighted by molar-refractivity contribution is 7.99. The number of hydrogen-bond acceptors (Lipinski definition) is 7. The Morgan fingerprint density at radius 1 is 1.35 bits per heavy atom. The minimum Gasteiger partial charge on any atom is -0.301 e. The van der Waals surface area contributed by atoms with Gasteiger partial charge in [-0.2, -0.15) is 0 Å². The second kappa shape index (κ2) is 7.87. The van der Waals surface area contributed by atoms with Crippen LogP contribution in [0.2, 0.25) is 0 Å². The summed E-state index contributed by atoms with van der Waals surface area (Å²) in [6.45, 7) is 3.88. The number of thiazole rings is 1. The third-order valence-electron chi connectivity index (χ3n) is 3.25. The van der Waals surface area contributed by atoms with E-state index in [2.05, 4.69) is 25.8 Å². The van der Waals surface area contributed by atoms with Gasteiger partial charge >= 0.3 is 0 Å². The van der Waals surface area contributed by atoms with Crippen molar-refractivity contribution >= 4 is 34.1 Å². The second-order valence-electron chi connectivity index (χ2n) is 5.50. The number of benzene rings is 1. The molecule has 0 bridgehead atoms. The lowest BCUT2D eigenvalue weighted by Gasteiger charge is -2.06. The predicted molar refractivity (Wildman–Crippen MR) is 95.0 cm³/mol. The van der Waals surface area contributed by atoms with E-state index in [1.165, 1.54) is 29.2 Å². The number of rotatable bonds is 6. The Labute approximate surface area is 155 Å². The number of carbonyl (C=O) groups excluding carboxylic acids is 1. The Morgan fingerprint density at radius 2 is 2.15 bits per heavy atom. The number of thioether (sulfide) groups is 1. The standard InChI is InChI=1S/C15H14F2N6OS2/c1-8(2)23-15(20-21-22-23)26-7-13(24)19-14-18-12(6-25-14)9-3-4-10(16)11(17)5-9/h3-6,8H,7H2,1-2H3,(H,18,19,24). The van der Waals surface area contributed by atoms with E-state index in [1.807, 2.05) is 13.8 Å². The first-order valence-corrected chi connectivity index (χ1v) is 9.42. The molecule has 0 saturated heterocycles. The van der Waals surface area contributed by atoms with Gasteiger partial charge in [-0.15, -0.1) is 16.4 Å². The number of anilines is 1. The molecule has 3 rings (SSSR count). The number of hydrogen-bond donors (Lipinski definition) is 1. The van der Waals surface area contributed by atoms with E-state index < -0.39 is 11.6 Å². The van der Waals surface area contributed by atoms with Crippen LogP contribution < -0.4 is 5.32 Å². The van der Waals surface area contributed by atoms with Crippen molar-refractivity contribution in [3.8, 4) is 11.3 Å². The summed E-state index contributed by atoms with van der Waals surface area (Å²) in [7, 11) is 0. The largest absolute Gasteiger partial charge is 0.301 e. The third-order valence-corrected chi connectivity index (χ3v) is 4.94. The summed E-state index contributed by atoms with van der Waals surface area (Å²) in [5, 5.41) is 16.6. The molecule has 0 spiro atoms. The van der Waals surface area contributed by atoms with Crippen molar-refractivity contribution in [1.29, 1.82) is 0 Å². The molecule has 0 atom stereocenters. The molecule has 2 aromatic heterocycles. The van der Waals surface area contributed by atoms with Gasteiger partial charge in [0.25, 0.3) is 0 Å². The SMILES string of the molecule is CC(C)n1nnnc1SCC(=O)Nc1nc(-c2ccc(F)c(F)c2)cs1. The maximum Gasteiger partial charge on any atom is 0.236 e. The minimum absolute atomic E-state index is 0.0909. The fraction of sp³-hybridized carbons (Fsp3) is 0.267. The molecule has 26 heavy (non-hydrogen) atoms. The summed E-state index contributed by atoms with van der Waals surface area (Å²) < 4.78 is 27.9. The van der Waals surface area contributed by atoms with Crippen LogP contribution in [0.3, 0.4) is 0 Å². The third kappa shape index (κ3) is 4.22. The molecule has 1 amide bonds. The number of amides is 1. The average molecular weight is 396 g/mol. The summed E-state index contributed by atoms with van der Waals surface area (Å²) in [5.74, 6) is -2.01. The molecule has 0 radical (unpaired) electrons. The van der Waals surface area contributed by atoms with Crippen molar-refractivity contribution < 1.29 is 13.6 Å². The van der Waals surface area contributed by atoms with Crippen LogP contribution in [0.5, 0.6) is 0 Å². The van der Waals surface area contributed by atoms with Crippen LogP contribution in [-0.4, -0.2) is 36.9 Å². The molecule has 0 fully saturated rings. The lowest BCUT2D eigenvalue weighted by molar-refractivity contribution is -0.113. The first-order valence-electron chi connectivity index (χ1n) is 7.55. The van der Waals surface area contributed by atoms with E-state index in [-0.39, 0.29) is 17.7 Å². The van der Waals surface area contributed by atoms with E-state index in [0.717, 1.165) is 12.1 Å². The maximum absolute atomic E-state index is 13.3. The van der Waals surface area contributed by atoms with Gasteiger partial charge in [0.05, 0.1) is 17.5 Å². The van der Waals surface area contributed by atoms with Gasteiger partial charge in [-0.1, -0.05) is 11.8 Å². The predicted octanol–water partition coefficient (Wildman–Crippen LogP) is 3.39. The van der Waals surface area contributed by atoms with Crippen LogP contribution in [0.25, 0.3) is 11.3 Å². The first-order chi connectivity index (χ1) is 12.4. The van der Waals surface area contributed by atoms with Gasteiger partial charge < -0.3 is 5.32 Å². The van der Waals surface area contributed by atoms with E-state index in [9.17, 15) is 13.6 Å². The van der Waals surface area contributed by atoms with Crippen LogP contribution in [0.15, 0.2) is 28.7 Å². The zero-order valence-corrected chi connectivity index (χ0v) is 15.4. The van der Waals surface area contributed by atoms with Gasteiger partial charge in [0.2, 0.25) is 11.1 Å². The highest BCUT2D eigenvalue weighted by atomic mass is 32.2. The van der Waals surface area contributed by atoms with Crippen molar-refractivity contribution in [3.05, 3.63) is 35.2 Å². The van der Waals surface area contributed by atoms with Gasteiger partial charge in [0.15, 0.2) is 16.8 Å². The zero-order chi connectivity index (χ0) is 18.7. The Hall–Kier alpha value is -2.40. The highest BCUT2D eigenvalue weighted by Gasteiger charge is 2.14. The highest BCUT2D eigenvalue weighted by Crippen LogP contribution is 2.26. The summed E-state index contributed by atoms with van der Waals surface area (Å²) in [6, 6.07) is 3.63. The quantitative estimate of drug-likeness (QED) is 0.643. The lowest BCUT2D eigenvalue weighted by Crippen LogP contribution is -2.15. The molecule has 2 heterocycles. The fourth-order valence-electron chi connectivity index (χ4n) is 2.01. The second-order valence-corrected chi connectivity index (χ2v) is 7.30. The summed E-state index contributed by atoms with van der Waals surface area (Å²) in [4.78, 5) is 16.3. The molecule has 0 unspecified atom stereocenters.